The number of aliphatic hydroxyl groups is 4. The fourth-order valence-corrected chi connectivity index (χ4v) is 9.94. The predicted molar refractivity (Wildman–Crippen MR) is 231 cm³/mol. The maximum atomic E-state index is 12.7. The van der Waals surface area contributed by atoms with Gasteiger partial charge in [0.2, 0.25) is 11.8 Å². The van der Waals surface area contributed by atoms with E-state index in [2.05, 4.69) is 41.3 Å². The number of rotatable bonds is 31. The number of imidazole rings is 1. The summed E-state index contributed by atoms with van der Waals surface area (Å²) < 4.78 is 62.3. The Morgan fingerprint density at radius 2 is 1.58 bits per heavy atom. The largest absolute Gasteiger partial charge is 0.481 e. The third-order valence-corrected chi connectivity index (χ3v) is 13.9. The maximum Gasteiger partial charge on any atom is 0.481 e. The molecule has 65 heavy (non-hydrogen) atoms. The van der Waals surface area contributed by atoms with E-state index >= 15 is 0 Å². The van der Waals surface area contributed by atoms with Gasteiger partial charge >= 0.3 is 23.5 Å². The van der Waals surface area contributed by atoms with Gasteiger partial charge in [0.1, 0.15) is 36.3 Å². The molecule has 12 N–H and O–H groups in total. The minimum Gasteiger partial charge on any atom is -0.393 e. The van der Waals surface area contributed by atoms with Crippen LogP contribution in [0.15, 0.2) is 12.7 Å². The van der Waals surface area contributed by atoms with E-state index in [1.165, 1.54) is 20.3 Å². The zero-order valence-corrected chi connectivity index (χ0v) is 39.7. The van der Waals surface area contributed by atoms with E-state index in [0.29, 0.717) is 19.3 Å². The third kappa shape index (κ3) is 19.9. The summed E-state index contributed by atoms with van der Waals surface area (Å²) >= 11 is 0.946. The van der Waals surface area contributed by atoms with Gasteiger partial charge in [0.05, 0.1) is 31.7 Å². The summed E-state index contributed by atoms with van der Waals surface area (Å²) in [5, 5.41) is 46.5. The number of hydrogen-bond donors (Lipinski definition) is 11. The van der Waals surface area contributed by atoms with Gasteiger partial charge < -0.3 is 61.1 Å². The summed E-state index contributed by atoms with van der Waals surface area (Å²) in [7, 11) is -16.5. The second kappa shape index (κ2) is 26.3. The van der Waals surface area contributed by atoms with E-state index in [-0.39, 0.29) is 53.8 Å². The molecule has 1 aliphatic rings. The summed E-state index contributed by atoms with van der Waals surface area (Å²) in [6.45, 7) is 2.45. The van der Waals surface area contributed by atoms with Crippen molar-refractivity contribution in [2.45, 2.75) is 134 Å². The molecule has 2 amide bonds. The van der Waals surface area contributed by atoms with Gasteiger partial charge in [0.15, 0.2) is 22.8 Å². The van der Waals surface area contributed by atoms with E-state index < -0.39 is 96.8 Å². The number of phosphoric ester groups is 3. The van der Waals surface area contributed by atoms with Crippen LogP contribution in [0.4, 0.5) is 5.82 Å². The van der Waals surface area contributed by atoms with Gasteiger partial charge in [0.25, 0.3) is 0 Å². The number of thioether (sulfide) groups is 1. The SMILES string of the molecule is CCCCCCCC(O)CCCC(O)CC(=O)SCCNC(=O)CCNC(=O)C(O)C(C)(C)COP(=O)(O)OP(=O)(O)OCC1OC(n2cnc3c(N)ncnc32)C(O)C1OP(=O)(O)O. The number of hydrogen-bond acceptors (Lipinski definition) is 20. The molecule has 2 aromatic rings. The maximum absolute atomic E-state index is 12.7. The van der Waals surface area contributed by atoms with Crippen molar-refractivity contribution in [3.8, 4) is 0 Å². The number of nitrogens with two attached hydrogens (primary N) is 1. The van der Waals surface area contributed by atoms with Crippen molar-refractivity contribution in [2.75, 3.05) is 37.8 Å². The molecule has 1 saturated heterocycles. The molecule has 30 heteroatoms. The van der Waals surface area contributed by atoms with Crippen LogP contribution in [-0.4, -0.2) is 145 Å². The Kier molecular flexibility index (Phi) is 23.0. The number of fused-ring (bicyclic) bond motifs is 1. The monoisotopic (exact) mass is 1010 g/mol. The Bertz CT molecular complexity index is 2000. The molecular weight excluding hydrogens is 947 g/mol. The highest BCUT2D eigenvalue weighted by Gasteiger charge is 2.50. The molecule has 0 radical (unpaired) electrons. The third-order valence-electron chi connectivity index (χ3n) is 9.88. The number of anilines is 1. The summed E-state index contributed by atoms with van der Waals surface area (Å²) in [5.74, 6) is -1.30. The summed E-state index contributed by atoms with van der Waals surface area (Å²) in [5.41, 5.74) is 4.23. The van der Waals surface area contributed by atoms with Crippen LogP contribution in [0.1, 0.15) is 97.6 Å². The minimum atomic E-state index is -5.59. The number of aliphatic hydroxyl groups excluding tert-OH is 4. The summed E-state index contributed by atoms with van der Waals surface area (Å²) in [4.78, 5) is 88.2. The van der Waals surface area contributed by atoms with E-state index in [1.54, 1.807) is 0 Å². The molecule has 1 fully saturated rings. The highest BCUT2D eigenvalue weighted by atomic mass is 32.2. The number of nitrogens with zero attached hydrogens (tertiary/aromatic N) is 4. The predicted octanol–water partition coefficient (Wildman–Crippen LogP) is 1.31. The van der Waals surface area contributed by atoms with Crippen molar-refractivity contribution in [3.63, 3.8) is 0 Å². The molecule has 0 aromatic carbocycles. The van der Waals surface area contributed by atoms with Crippen molar-refractivity contribution < 1.29 is 90.7 Å². The number of aromatic nitrogens is 4. The topological polar surface area (TPSA) is 404 Å². The van der Waals surface area contributed by atoms with E-state index in [9.17, 15) is 68.1 Å². The number of amides is 2. The number of carbonyl (C=O) groups excluding carboxylic acids is 3. The molecule has 0 bridgehead atoms. The molecule has 372 valence electrons. The van der Waals surface area contributed by atoms with Crippen molar-refractivity contribution in [1.82, 2.24) is 30.2 Å². The van der Waals surface area contributed by atoms with E-state index in [4.69, 9.17) is 19.5 Å². The second-order valence-electron chi connectivity index (χ2n) is 15.9. The molecule has 0 aliphatic carbocycles. The smallest absolute Gasteiger partial charge is 0.393 e. The van der Waals surface area contributed by atoms with Gasteiger partial charge in [-0.3, -0.25) is 32.5 Å². The zero-order chi connectivity index (χ0) is 48.6. The lowest BCUT2D eigenvalue weighted by Gasteiger charge is -2.30. The van der Waals surface area contributed by atoms with Crippen LogP contribution in [0.3, 0.4) is 0 Å². The average Bonchev–Trinajstić information content (AvgIpc) is 3.77. The van der Waals surface area contributed by atoms with Crippen LogP contribution in [0.25, 0.3) is 11.2 Å². The number of nitrogens with one attached hydrogen (secondary N) is 2. The highest BCUT2D eigenvalue weighted by molar-refractivity contribution is 8.13. The van der Waals surface area contributed by atoms with Crippen molar-refractivity contribution in [2.24, 2.45) is 5.41 Å². The van der Waals surface area contributed by atoms with E-state index in [0.717, 1.165) is 61.1 Å². The normalized spacial score (nSPS) is 21.3. The molecule has 9 atom stereocenters. The van der Waals surface area contributed by atoms with Gasteiger partial charge in [0, 0.05) is 37.1 Å². The Labute approximate surface area is 379 Å². The van der Waals surface area contributed by atoms with Crippen molar-refractivity contribution >= 4 is 69.1 Å². The lowest BCUT2D eigenvalue weighted by atomic mass is 9.87. The molecule has 26 nitrogen and oxygen atoms in total. The number of unbranched alkanes of at least 4 members (excludes halogenated alkanes) is 4. The quantitative estimate of drug-likeness (QED) is 0.0374. The first-order chi connectivity index (χ1) is 30.3. The van der Waals surface area contributed by atoms with Gasteiger partial charge in [-0.25, -0.2) is 28.6 Å². The van der Waals surface area contributed by atoms with Crippen LogP contribution >= 0.6 is 35.2 Å². The summed E-state index contributed by atoms with van der Waals surface area (Å²) in [6, 6.07) is 0. The van der Waals surface area contributed by atoms with Crippen LogP contribution in [0.5, 0.6) is 0 Å². The molecule has 0 spiro atoms. The average molecular weight is 1010 g/mol. The molecule has 9 unspecified atom stereocenters. The lowest BCUT2D eigenvalue weighted by Crippen LogP contribution is -2.46. The molecule has 1 aliphatic heterocycles. The standard InChI is InChI=1S/C35H62N7O19P3S/c1-4-5-6-7-8-10-22(43)11-9-12-23(44)17-26(46)65-16-15-37-25(45)13-14-38-33(49)30(48)35(2,3)19-58-64(55,56)61-63(53,54)57-18-24-29(60-62(50,51)52)28(47)34(59-24)42-21-41-27-31(36)39-20-40-32(27)42/h20-24,28-30,34,43-44,47-48H,4-19H2,1-3H3,(H,37,45)(H,38,49)(H,53,54)(H,55,56)(H2,36,39,40)(H2,50,51,52). The molecule has 2 aromatic heterocycles. The van der Waals surface area contributed by atoms with Gasteiger partial charge in [-0.05, 0) is 25.7 Å². The summed E-state index contributed by atoms with van der Waals surface area (Å²) in [6.07, 6.45) is -0.556. The fourth-order valence-electron chi connectivity index (χ4n) is 6.37. The fraction of sp³-hybridized carbons (Fsp3) is 0.771. The van der Waals surface area contributed by atoms with Crippen molar-refractivity contribution in [3.05, 3.63) is 12.7 Å². The Hall–Kier alpha value is -2.52. The van der Waals surface area contributed by atoms with Gasteiger partial charge in [-0.2, -0.15) is 4.31 Å². The number of carbonyl (C=O) groups is 3. The molecular formula is C35H62N7O19P3S. The number of phosphoric acid groups is 3. The molecule has 3 rings (SSSR count). The number of nitrogen functional groups attached to an aromatic ring is 1. The van der Waals surface area contributed by atoms with Gasteiger partial charge in [-0.1, -0.05) is 64.6 Å². The lowest BCUT2D eigenvalue weighted by molar-refractivity contribution is -0.137. The van der Waals surface area contributed by atoms with E-state index in [1.807, 2.05) is 0 Å². The first-order valence-corrected chi connectivity index (χ1v) is 26.3. The van der Waals surface area contributed by atoms with Crippen LogP contribution in [-0.2, 0) is 50.7 Å². The van der Waals surface area contributed by atoms with Crippen LogP contribution in [0, 0.1) is 5.41 Å². The minimum absolute atomic E-state index is 0.0235. The van der Waals surface area contributed by atoms with Crippen LogP contribution in [0.2, 0.25) is 0 Å². The Morgan fingerprint density at radius 3 is 2.28 bits per heavy atom. The first-order valence-electron chi connectivity index (χ1n) is 20.8. The number of ether oxygens (including phenoxy) is 1. The first kappa shape index (κ1) is 56.8. The molecule has 0 saturated carbocycles. The van der Waals surface area contributed by atoms with Crippen molar-refractivity contribution in [1.29, 1.82) is 0 Å². The highest BCUT2D eigenvalue weighted by Crippen LogP contribution is 2.61. The van der Waals surface area contributed by atoms with Gasteiger partial charge in [-0.15, -0.1) is 0 Å². The molecule has 3 heterocycles. The van der Waals surface area contributed by atoms with Crippen LogP contribution < -0.4 is 16.4 Å². The zero-order valence-electron chi connectivity index (χ0n) is 36.2. The Balaban J connectivity index is 1.36. The second-order valence-corrected chi connectivity index (χ2v) is 21.3. The Morgan fingerprint density at radius 1 is 0.923 bits per heavy atom.